The van der Waals surface area contributed by atoms with Crippen molar-refractivity contribution in [3.63, 3.8) is 0 Å². The van der Waals surface area contributed by atoms with Crippen LogP contribution in [0.2, 0.25) is 0 Å². The molecule has 0 aliphatic carbocycles. The standard InChI is InChI=1S/C19H24N4O3S/c1-3-23(16-9-10-27(25,26)13-16)18-12-20-17(11-21-18)19(24)22-14(2)15-7-5-4-6-8-15/h4-8,11-12,14,16H,3,9-10,13H2,1-2H3,(H,22,24). The molecule has 0 radical (unpaired) electrons. The van der Waals surface area contributed by atoms with Gasteiger partial charge in [-0.3, -0.25) is 4.79 Å². The molecule has 0 bridgehead atoms. The summed E-state index contributed by atoms with van der Waals surface area (Å²) in [5.74, 6) is 0.642. The molecule has 2 heterocycles. The van der Waals surface area contributed by atoms with Crippen molar-refractivity contribution in [3.05, 3.63) is 54.0 Å². The highest BCUT2D eigenvalue weighted by Crippen LogP contribution is 2.22. The normalized spacial score (nSPS) is 19.4. The second kappa shape index (κ2) is 8.04. The van der Waals surface area contributed by atoms with E-state index in [1.807, 2.05) is 49.1 Å². The van der Waals surface area contributed by atoms with Crippen LogP contribution in [0.3, 0.4) is 0 Å². The monoisotopic (exact) mass is 388 g/mol. The fourth-order valence-electron chi connectivity index (χ4n) is 3.31. The van der Waals surface area contributed by atoms with Crippen molar-refractivity contribution < 1.29 is 13.2 Å². The molecule has 3 rings (SSSR count). The second-order valence-corrected chi connectivity index (χ2v) is 8.94. The third-order valence-corrected chi connectivity index (χ3v) is 6.55. The lowest BCUT2D eigenvalue weighted by Crippen LogP contribution is -2.37. The first-order chi connectivity index (χ1) is 12.9. The van der Waals surface area contributed by atoms with Crippen LogP contribution in [0, 0.1) is 0 Å². The number of aromatic nitrogens is 2. The summed E-state index contributed by atoms with van der Waals surface area (Å²) in [5.41, 5.74) is 1.24. The van der Waals surface area contributed by atoms with Gasteiger partial charge in [0.1, 0.15) is 11.5 Å². The lowest BCUT2D eigenvalue weighted by molar-refractivity contribution is 0.0934. The molecular weight excluding hydrogens is 364 g/mol. The van der Waals surface area contributed by atoms with E-state index in [4.69, 9.17) is 0 Å². The minimum atomic E-state index is -2.97. The van der Waals surface area contributed by atoms with E-state index in [-0.39, 0.29) is 35.2 Å². The van der Waals surface area contributed by atoms with Gasteiger partial charge in [0.15, 0.2) is 9.84 Å². The van der Waals surface area contributed by atoms with E-state index in [1.165, 1.54) is 12.4 Å². The van der Waals surface area contributed by atoms with Crippen LogP contribution in [0.1, 0.15) is 42.4 Å². The summed E-state index contributed by atoms with van der Waals surface area (Å²) in [4.78, 5) is 22.9. The van der Waals surface area contributed by atoms with Crippen molar-refractivity contribution in [1.82, 2.24) is 15.3 Å². The molecule has 8 heteroatoms. The van der Waals surface area contributed by atoms with E-state index in [9.17, 15) is 13.2 Å². The van der Waals surface area contributed by atoms with Gasteiger partial charge in [-0.2, -0.15) is 0 Å². The Hall–Kier alpha value is -2.48. The van der Waals surface area contributed by atoms with Crippen molar-refractivity contribution in [3.8, 4) is 0 Å². The summed E-state index contributed by atoms with van der Waals surface area (Å²) < 4.78 is 23.5. The van der Waals surface area contributed by atoms with Crippen molar-refractivity contribution >= 4 is 21.6 Å². The minimum absolute atomic E-state index is 0.0907. The lowest BCUT2D eigenvalue weighted by atomic mass is 10.1. The Kier molecular flexibility index (Phi) is 5.74. The third-order valence-electron chi connectivity index (χ3n) is 4.80. The van der Waals surface area contributed by atoms with Crippen LogP contribution < -0.4 is 10.2 Å². The van der Waals surface area contributed by atoms with Crippen molar-refractivity contribution in [2.24, 2.45) is 0 Å². The Balaban J connectivity index is 1.68. The van der Waals surface area contributed by atoms with Gasteiger partial charge in [-0.05, 0) is 25.8 Å². The maximum absolute atomic E-state index is 12.4. The smallest absolute Gasteiger partial charge is 0.271 e. The number of amides is 1. The Labute approximate surface area is 159 Å². The van der Waals surface area contributed by atoms with Gasteiger partial charge in [0, 0.05) is 12.6 Å². The number of hydrogen-bond acceptors (Lipinski definition) is 6. The summed E-state index contributed by atoms with van der Waals surface area (Å²) in [6.45, 7) is 4.49. The number of anilines is 1. The summed E-state index contributed by atoms with van der Waals surface area (Å²) in [5, 5.41) is 2.91. The van der Waals surface area contributed by atoms with Gasteiger partial charge < -0.3 is 10.2 Å². The topological polar surface area (TPSA) is 92.3 Å². The van der Waals surface area contributed by atoms with Gasteiger partial charge in [0.05, 0.1) is 29.9 Å². The molecule has 1 N–H and O–H groups in total. The molecule has 1 amide bonds. The number of hydrogen-bond donors (Lipinski definition) is 1. The Bertz CT molecular complexity index is 885. The van der Waals surface area contributed by atoms with Gasteiger partial charge in [-0.15, -0.1) is 0 Å². The lowest BCUT2D eigenvalue weighted by Gasteiger charge is -2.27. The predicted octanol–water partition coefficient (Wildman–Crippen LogP) is 1.98. The number of carbonyl (C=O) groups excluding carboxylic acids is 1. The molecule has 1 fully saturated rings. The van der Waals surface area contributed by atoms with Crippen molar-refractivity contribution in [2.45, 2.75) is 32.4 Å². The van der Waals surface area contributed by atoms with Crippen molar-refractivity contribution in [1.29, 1.82) is 0 Å². The number of carbonyl (C=O) groups is 1. The number of sulfone groups is 1. The van der Waals surface area contributed by atoms with E-state index >= 15 is 0 Å². The molecule has 1 aromatic carbocycles. The van der Waals surface area contributed by atoms with Crippen LogP contribution in [0.5, 0.6) is 0 Å². The molecule has 2 aromatic rings. The molecule has 27 heavy (non-hydrogen) atoms. The molecule has 0 spiro atoms. The fraction of sp³-hybridized carbons (Fsp3) is 0.421. The van der Waals surface area contributed by atoms with E-state index in [1.54, 1.807) is 0 Å². The molecule has 2 unspecified atom stereocenters. The number of benzene rings is 1. The van der Waals surface area contributed by atoms with Crippen LogP contribution in [-0.2, 0) is 9.84 Å². The third kappa shape index (κ3) is 4.63. The first kappa shape index (κ1) is 19.3. The molecule has 1 aliphatic rings. The van der Waals surface area contributed by atoms with Gasteiger partial charge in [-0.1, -0.05) is 30.3 Å². The zero-order chi connectivity index (χ0) is 19.4. The first-order valence-electron chi connectivity index (χ1n) is 9.04. The van der Waals surface area contributed by atoms with Gasteiger partial charge in [0.25, 0.3) is 5.91 Å². The van der Waals surface area contributed by atoms with Crippen LogP contribution in [0.4, 0.5) is 5.82 Å². The molecule has 1 aliphatic heterocycles. The van der Waals surface area contributed by atoms with E-state index < -0.39 is 9.84 Å². The van der Waals surface area contributed by atoms with Crippen LogP contribution in [-0.4, -0.2) is 48.4 Å². The molecule has 1 aromatic heterocycles. The Morgan fingerprint density at radius 3 is 2.56 bits per heavy atom. The highest BCUT2D eigenvalue weighted by molar-refractivity contribution is 7.91. The number of rotatable bonds is 6. The molecule has 7 nitrogen and oxygen atoms in total. The summed E-state index contributed by atoms with van der Waals surface area (Å²) in [7, 11) is -2.97. The zero-order valence-electron chi connectivity index (χ0n) is 15.5. The summed E-state index contributed by atoms with van der Waals surface area (Å²) >= 11 is 0. The largest absolute Gasteiger partial charge is 0.352 e. The van der Waals surface area contributed by atoms with E-state index in [0.29, 0.717) is 18.8 Å². The second-order valence-electron chi connectivity index (χ2n) is 6.71. The highest BCUT2D eigenvalue weighted by atomic mass is 32.2. The molecule has 0 saturated carbocycles. The summed E-state index contributed by atoms with van der Waals surface area (Å²) in [6.07, 6.45) is 3.57. The summed E-state index contributed by atoms with van der Waals surface area (Å²) in [6, 6.07) is 9.45. The van der Waals surface area contributed by atoms with E-state index in [2.05, 4.69) is 15.3 Å². The maximum atomic E-state index is 12.4. The van der Waals surface area contributed by atoms with Gasteiger partial charge in [0.2, 0.25) is 0 Å². The van der Waals surface area contributed by atoms with Crippen LogP contribution in [0.25, 0.3) is 0 Å². The predicted molar refractivity (Wildman–Crippen MR) is 104 cm³/mol. The molecule has 144 valence electrons. The fourth-order valence-corrected chi connectivity index (χ4v) is 5.04. The first-order valence-corrected chi connectivity index (χ1v) is 10.9. The number of nitrogens with zero attached hydrogens (tertiary/aromatic N) is 3. The maximum Gasteiger partial charge on any atom is 0.271 e. The molecule has 2 atom stereocenters. The average Bonchev–Trinajstić information content (AvgIpc) is 3.03. The molecular formula is C19H24N4O3S. The van der Waals surface area contributed by atoms with Crippen LogP contribution in [0.15, 0.2) is 42.7 Å². The Morgan fingerprint density at radius 1 is 1.26 bits per heavy atom. The molecule has 1 saturated heterocycles. The van der Waals surface area contributed by atoms with E-state index in [0.717, 1.165) is 5.56 Å². The highest BCUT2D eigenvalue weighted by Gasteiger charge is 2.32. The Morgan fingerprint density at radius 2 is 2.00 bits per heavy atom. The zero-order valence-corrected chi connectivity index (χ0v) is 16.3. The number of nitrogens with one attached hydrogen (secondary N) is 1. The average molecular weight is 388 g/mol. The van der Waals surface area contributed by atoms with Gasteiger partial charge >= 0.3 is 0 Å². The quantitative estimate of drug-likeness (QED) is 0.813. The van der Waals surface area contributed by atoms with Crippen molar-refractivity contribution in [2.75, 3.05) is 23.0 Å². The van der Waals surface area contributed by atoms with Gasteiger partial charge in [-0.25, -0.2) is 18.4 Å². The SMILES string of the molecule is CCN(c1cnc(C(=O)NC(C)c2ccccc2)cn1)C1CCS(=O)(=O)C1. The minimum Gasteiger partial charge on any atom is -0.352 e. The van der Waals surface area contributed by atoms with Crippen LogP contribution >= 0.6 is 0 Å².